The average molecular weight is 418 g/mol. The Morgan fingerprint density at radius 2 is 1.55 bits per heavy atom. The van der Waals surface area contributed by atoms with Gasteiger partial charge in [0.1, 0.15) is 11.7 Å². The molecule has 1 atom stereocenters. The van der Waals surface area contributed by atoms with Crippen molar-refractivity contribution in [3.05, 3.63) is 86.4 Å². The van der Waals surface area contributed by atoms with Crippen LogP contribution in [0.15, 0.2) is 54.0 Å². The predicted octanol–water partition coefficient (Wildman–Crippen LogP) is 4.91. The molecular formula is C18H12F6N2O3. The van der Waals surface area contributed by atoms with E-state index in [2.05, 4.69) is 5.32 Å². The van der Waals surface area contributed by atoms with Gasteiger partial charge in [-0.2, -0.15) is 26.3 Å². The molecule has 1 unspecified atom stereocenters. The van der Waals surface area contributed by atoms with Crippen molar-refractivity contribution in [2.24, 2.45) is 0 Å². The zero-order valence-corrected chi connectivity index (χ0v) is 14.6. The lowest BCUT2D eigenvalue weighted by molar-refractivity contribution is -0.432. The smallest absolute Gasteiger partial charge is 0.416 e. The number of nitrogens with one attached hydrogen (secondary N) is 1. The lowest BCUT2D eigenvalue weighted by atomic mass is 9.85. The number of para-hydroxylation sites is 1. The standard InChI is InChI=1S/C18H12F6N2O3/c1-25-16-15(26(27)28)14(12-4-2-3-5-13(12)29-16)9-6-10(17(19,20)21)8-11(7-9)18(22,23)24/h2-8,14,25H,1H3. The van der Waals surface area contributed by atoms with Crippen LogP contribution >= 0.6 is 0 Å². The van der Waals surface area contributed by atoms with E-state index < -0.39 is 45.6 Å². The van der Waals surface area contributed by atoms with Crippen molar-refractivity contribution in [3.63, 3.8) is 0 Å². The van der Waals surface area contributed by atoms with Crippen LogP contribution in [0.3, 0.4) is 0 Å². The summed E-state index contributed by atoms with van der Waals surface area (Å²) in [4.78, 5) is 10.8. The van der Waals surface area contributed by atoms with Gasteiger partial charge < -0.3 is 10.1 Å². The lowest BCUT2D eigenvalue weighted by Crippen LogP contribution is -2.28. The number of benzene rings is 2. The Hall–Kier alpha value is -3.24. The average Bonchev–Trinajstić information content (AvgIpc) is 2.64. The van der Waals surface area contributed by atoms with Gasteiger partial charge in [0.15, 0.2) is 0 Å². The molecule has 1 heterocycles. The maximum absolute atomic E-state index is 13.2. The van der Waals surface area contributed by atoms with E-state index in [1.54, 1.807) is 0 Å². The summed E-state index contributed by atoms with van der Waals surface area (Å²) in [7, 11) is 1.29. The molecule has 0 bridgehead atoms. The van der Waals surface area contributed by atoms with Crippen molar-refractivity contribution >= 4 is 0 Å². The number of fused-ring (bicyclic) bond motifs is 1. The number of nitro groups is 1. The first kappa shape index (κ1) is 20.5. The van der Waals surface area contributed by atoms with Crippen molar-refractivity contribution in [1.82, 2.24) is 5.32 Å². The SMILES string of the molecule is CNC1=C([N+](=O)[O-])C(c2cc(C(F)(F)F)cc(C(F)(F)F)c2)c2ccccc2O1. The molecule has 1 N–H and O–H groups in total. The molecular weight excluding hydrogens is 406 g/mol. The number of alkyl halides is 6. The van der Waals surface area contributed by atoms with Crippen LogP contribution < -0.4 is 10.1 Å². The highest BCUT2D eigenvalue weighted by atomic mass is 19.4. The summed E-state index contributed by atoms with van der Waals surface area (Å²) >= 11 is 0. The van der Waals surface area contributed by atoms with Crippen LogP contribution in [0.5, 0.6) is 5.75 Å². The molecule has 1 aliphatic rings. The Bertz CT molecular complexity index is 966. The molecule has 2 aromatic rings. The van der Waals surface area contributed by atoms with Gasteiger partial charge in [0.2, 0.25) is 0 Å². The summed E-state index contributed by atoms with van der Waals surface area (Å²) in [6.45, 7) is 0. The highest BCUT2D eigenvalue weighted by Gasteiger charge is 2.43. The first-order chi connectivity index (χ1) is 13.4. The Morgan fingerprint density at radius 1 is 1.00 bits per heavy atom. The zero-order chi connectivity index (χ0) is 21.6. The van der Waals surface area contributed by atoms with Crippen LogP contribution in [0.4, 0.5) is 26.3 Å². The third-order valence-electron chi connectivity index (χ3n) is 4.32. The molecule has 11 heteroatoms. The Kier molecular flexibility index (Phi) is 4.93. The van der Waals surface area contributed by atoms with E-state index in [1.807, 2.05) is 0 Å². The second-order valence-corrected chi connectivity index (χ2v) is 6.13. The number of hydrogen-bond donors (Lipinski definition) is 1. The summed E-state index contributed by atoms with van der Waals surface area (Å²) < 4.78 is 84.9. The van der Waals surface area contributed by atoms with Gasteiger partial charge in [0, 0.05) is 12.6 Å². The van der Waals surface area contributed by atoms with Crippen molar-refractivity contribution in [2.45, 2.75) is 18.3 Å². The summed E-state index contributed by atoms with van der Waals surface area (Å²) in [6, 6.07) is 6.68. The fraction of sp³-hybridized carbons (Fsp3) is 0.222. The van der Waals surface area contributed by atoms with Crippen LogP contribution in [0, 0.1) is 10.1 Å². The zero-order valence-electron chi connectivity index (χ0n) is 14.6. The van der Waals surface area contributed by atoms with E-state index >= 15 is 0 Å². The van der Waals surface area contributed by atoms with Crippen LogP contribution in [-0.2, 0) is 12.4 Å². The van der Waals surface area contributed by atoms with Crippen LogP contribution in [0.25, 0.3) is 0 Å². The molecule has 154 valence electrons. The third kappa shape index (κ3) is 3.84. The molecule has 0 spiro atoms. The topological polar surface area (TPSA) is 64.4 Å². The minimum Gasteiger partial charge on any atom is -0.435 e. The van der Waals surface area contributed by atoms with Crippen molar-refractivity contribution in [3.8, 4) is 5.75 Å². The number of hydrogen-bond acceptors (Lipinski definition) is 4. The van der Waals surface area contributed by atoms with E-state index in [4.69, 9.17) is 4.74 Å². The van der Waals surface area contributed by atoms with E-state index in [0.717, 1.165) is 0 Å². The Labute approximate surface area is 159 Å². The van der Waals surface area contributed by atoms with Crippen molar-refractivity contribution in [1.29, 1.82) is 0 Å². The van der Waals surface area contributed by atoms with Gasteiger partial charge in [0.25, 0.3) is 5.88 Å². The maximum Gasteiger partial charge on any atom is 0.416 e. The molecule has 0 aliphatic carbocycles. The van der Waals surface area contributed by atoms with Gasteiger partial charge in [-0.15, -0.1) is 0 Å². The second kappa shape index (κ2) is 6.98. The quantitative estimate of drug-likeness (QED) is 0.437. The maximum atomic E-state index is 13.2. The minimum atomic E-state index is -5.08. The molecule has 29 heavy (non-hydrogen) atoms. The number of rotatable bonds is 3. The second-order valence-electron chi connectivity index (χ2n) is 6.13. The first-order valence-corrected chi connectivity index (χ1v) is 8.06. The molecule has 0 radical (unpaired) electrons. The molecule has 0 aromatic heterocycles. The molecule has 2 aromatic carbocycles. The first-order valence-electron chi connectivity index (χ1n) is 8.06. The van der Waals surface area contributed by atoms with Gasteiger partial charge in [-0.05, 0) is 29.8 Å². The number of allylic oxidation sites excluding steroid dienone is 1. The summed E-state index contributed by atoms with van der Waals surface area (Å²) in [5.74, 6) is -1.80. The third-order valence-corrected chi connectivity index (χ3v) is 4.32. The van der Waals surface area contributed by atoms with E-state index in [-0.39, 0.29) is 23.3 Å². The Morgan fingerprint density at radius 3 is 2.03 bits per heavy atom. The fourth-order valence-electron chi connectivity index (χ4n) is 3.10. The molecule has 1 aliphatic heterocycles. The van der Waals surface area contributed by atoms with Crippen LogP contribution in [0.2, 0.25) is 0 Å². The van der Waals surface area contributed by atoms with E-state index in [9.17, 15) is 36.5 Å². The lowest BCUT2D eigenvalue weighted by Gasteiger charge is -2.26. The van der Waals surface area contributed by atoms with Crippen molar-refractivity contribution < 1.29 is 36.0 Å². The van der Waals surface area contributed by atoms with Gasteiger partial charge in [-0.3, -0.25) is 10.1 Å². The van der Waals surface area contributed by atoms with Crippen molar-refractivity contribution in [2.75, 3.05) is 7.05 Å². The highest BCUT2D eigenvalue weighted by molar-refractivity contribution is 5.52. The van der Waals surface area contributed by atoms with Gasteiger partial charge in [-0.1, -0.05) is 18.2 Å². The number of ether oxygens (including phenoxy) is 1. The minimum absolute atomic E-state index is 0.0245. The van der Waals surface area contributed by atoms with Gasteiger partial charge in [-0.25, -0.2) is 0 Å². The predicted molar refractivity (Wildman–Crippen MR) is 88.4 cm³/mol. The van der Waals surface area contributed by atoms with Gasteiger partial charge in [0.05, 0.1) is 16.1 Å². The van der Waals surface area contributed by atoms with Crippen LogP contribution in [0.1, 0.15) is 28.2 Å². The molecule has 0 amide bonds. The summed E-state index contributed by atoms with van der Waals surface area (Å²) in [6.07, 6.45) is -10.2. The highest BCUT2D eigenvalue weighted by Crippen LogP contribution is 2.45. The monoisotopic (exact) mass is 418 g/mol. The summed E-state index contributed by atoms with van der Waals surface area (Å²) in [5.41, 5.74) is -4.26. The number of halogens is 6. The van der Waals surface area contributed by atoms with E-state index in [1.165, 1.54) is 31.3 Å². The molecule has 0 saturated heterocycles. The molecule has 0 saturated carbocycles. The van der Waals surface area contributed by atoms with Gasteiger partial charge >= 0.3 is 18.0 Å². The van der Waals surface area contributed by atoms with Crippen LogP contribution in [-0.4, -0.2) is 12.0 Å². The number of nitrogens with zero attached hydrogens (tertiary/aromatic N) is 1. The molecule has 5 nitrogen and oxygen atoms in total. The Balaban J connectivity index is 2.35. The largest absolute Gasteiger partial charge is 0.435 e. The fourth-order valence-corrected chi connectivity index (χ4v) is 3.10. The normalized spacial score (nSPS) is 16.9. The molecule has 0 fully saturated rings. The van der Waals surface area contributed by atoms with E-state index in [0.29, 0.717) is 12.1 Å². The molecule has 3 rings (SSSR count). The summed E-state index contributed by atoms with van der Waals surface area (Å²) in [5, 5.41) is 14.1.